The van der Waals surface area contributed by atoms with Gasteiger partial charge in [-0.1, -0.05) is 39.0 Å². The Balaban J connectivity index is 2.26. The second-order valence-electron chi connectivity index (χ2n) is 5.51. The van der Waals surface area contributed by atoms with E-state index in [2.05, 4.69) is 66.5 Å². The lowest BCUT2D eigenvalue weighted by Crippen LogP contribution is -2.06. The number of benzene rings is 1. The highest BCUT2D eigenvalue weighted by Gasteiger charge is 2.10. The van der Waals surface area contributed by atoms with Crippen molar-refractivity contribution in [3.05, 3.63) is 41.6 Å². The monoisotopic (exact) mass is 284 g/mol. The van der Waals surface area contributed by atoms with Gasteiger partial charge in [-0.05, 0) is 36.5 Å². The Kier molecular flexibility index (Phi) is 5.14. The van der Waals surface area contributed by atoms with Crippen molar-refractivity contribution in [2.45, 2.75) is 40.0 Å². The zero-order valence-corrected chi connectivity index (χ0v) is 13.3. The molecule has 4 heteroatoms. The molecule has 0 spiro atoms. The minimum absolute atomic E-state index is 0.453. The number of hydrogen-bond acceptors (Lipinski definition) is 4. The van der Waals surface area contributed by atoms with Crippen LogP contribution >= 0.6 is 0 Å². The second kappa shape index (κ2) is 7.07. The molecule has 0 atom stereocenters. The van der Waals surface area contributed by atoms with Gasteiger partial charge >= 0.3 is 0 Å². The number of para-hydroxylation sites is 1. The van der Waals surface area contributed by atoms with E-state index in [1.165, 1.54) is 11.1 Å². The number of rotatable bonds is 6. The third kappa shape index (κ3) is 3.94. The highest BCUT2D eigenvalue weighted by molar-refractivity contribution is 5.64. The fourth-order valence-corrected chi connectivity index (χ4v) is 2.22. The van der Waals surface area contributed by atoms with Crippen LogP contribution < -0.4 is 10.6 Å². The third-order valence-corrected chi connectivity index (χ3v) is 3.38. The predicted octanol–water partition coefficient (Wildman–Crippen LogP) is 4.47. The Labute approximate surface area is 127 Å². The Bertz CT molecular complexity index is 593. The Morgan fingerprint density at radius 3 is 2.71 bits per heavy atom. The van der Waals surface area contributed by atoms with E-state index in [4.69, 9.17) is 0 Å². The van der Waals surface area contributed by atoms with Crippen molar-refractivity contribution in [3.63, 3.8) is 0 Å². The van der Waals surface area contributed by atoms with Crippen LogP contribution in [0.2, 0.25) is 0 Å². The molecule has 0 aliphatic carbocycles. The summed E-state index contributed by atoms with van der Waals surface area (Å²) >= 11 is 0. The fraction of sp³-hybridized carbons (Fsp3) is 0.412. The maximum atomic E-state index is 4.51. The van der Waals surface area contributed by atoms with Crippen molar-refractivity contribution in [1.82, 2.24) is 9.97 Å². The van der Waals surface area contributed by atoms with Gasteiger partial charge in [-0.3, -0.25) is 0 Å². The number of aryl methyl sites for hydroxylation is 1. The molecule has 1 aromatic heterocycles. The number of hydrogen-bond donors (Lipinski definition) is 2. The molecule has 0 amide bonds. The van der Waals surface area contributed by atoms with Gasteiger partial charge in [0.1, 0.15) is 5.82 Å². The number of anilines is 3. The van der Waals surface area contributed by atoms with Gasteiger partial charge in [0.2, 0.25) is 5.95 Å². The van der Waals surface area contributed by atoms with Crippen molar-refractivity contribution in [3.8, 4) is 0 Å². The van der Waals surface area contributed by atoms with Gasteiger partial charge in [0.25, 0.3) is 0 Å². The lowest BCUT2D eigenvalue weighted by molar-refractivity contribution is 0.866. The molecule has 0 aliphatic rings. The van der Waals surface area contributed by atoms with Crippen molar-refractivity contribution in [2.24, 2.45) is 0 Å². The van der Waals surface area contributed by atoms with E-state index in [1.807, 2.05) is 6.07 Å². The molecule has 0 fully saturated rings. The highest BCUT2D eigenvalue weighted by atomic mass is 15.1. The smallest absolute Gasteiger partial charge is 0.229 e. The molecule has 4 nitrogen and oxygen atoms in total. The SMILES string of the molecule is CCCNc1ccnc(Nc2c(C)cccc2C(C)C)n1. The summed E-state index contributed by atoms with van der Waals surface area (Å²) < 4.78 is 0. The summed E-state index contributed by atoms with van der Waals surface area (Å²) in [4.78, 5) is 8.84. The van der Waals surface area contributed by atoms with Crippen LogP contribution in [0, 0.1) is 6.92 Å². The number of aromatic nitrogens is 2. The van der Waals surface area contributed by atoms with Gasteiger partial charge in [-0.15, -0.1) is 0 Å². The first kappa shape index (κ1) is 15.3. The third-order valence-electron chi connectivity index (χ3n) is 3.38. The zero-order chi connectivity index (χ0) is 15.2. The van der Waals surface area contributed by atoms with Crippen molar-refractivity contribution in [1.29, 1.82) is 0 Å². The van der Waals surface area contributed by atoms with Crippen LogP contribution in [0.1, 0.15) is 44.2 Å². The van der Waals surface area contributed by atoms with Crippen LogP contribution in [0.4, 0.5) is 17.5 Å². The highest BCUT2D eigenvalue weighted by Crippen LogP contribution is 2.29. The summed E-state index contributed by atoms with van der Waals surface area (Å²) in [5, 5.41) is 6.66. The van der Waals surface area contributed by atoms with Crippen LogP contribution in [0.3, 0.4) is 0 Å². The normalized spacial score (nSPS) is 10.7. The summed E-state index contributed by atoms with van der Waals surface area (Å²) in [5.74, 6) is 1.94. The predicted molar refractivity (Wildman–Crippen MR) is 89.4 cm³/mol. The van der Waals surface area contributed by atoms with Gasteiger partial charge in [0, 0.05) is 18.4 Å². The average molecular weight is 284 g/mol. The lowest BCUT2D eigenvalue weighted by atomic mass is 9.98. The molecule has 2 rings (SSSR count). The maximum absolute atomic E-state index is 4.51. The zero-order valence-electron chi connectivity index (χ0n) is 13.3. The largest absolute Gasteiger partial charge is 0.370 e. The maximum Gasteiger partial charge on any atom is 0.229 e. The van der Waals surface area contributed by atoms with Gasteiger partial charge in [-0.25, -0.2) is 4.98 Å². The van der Waals surface area contributed by atoms with Crippen molar-refractivity contribution in [2.75, 3.05) is 17.2 Å². The van der Waals surface area contributed by atoms with Crippen molar-refractivity contribution >= 4 is 17.5 Å². The van der Waals surface area contributed by atoms with Crippen LogP contribution in [0.25, 0.3) is 0 Å². The van der Waals surface area contributed by atoms with Gasteiger partial charge < -0.3 is 10.6 Å². The molecule has 0 saturated carbocycles. The molecular formula is C17H24N4. The van der Waals surface area contributed by atoms with Crippen molar-refractivity contribution < 1.29 is 0 Å². The topological polar surface area (TPSA) is 49.8 Å². The molecule has 0 aliphatic heterocycles. The minimum atomic E-state index is 0.453. The average Bonchev–Trinajstić information content (AvgIpc) is 2.47. The van der Waals surface area contributed by atoms with Crippen LogP contribution in [-0.4, -0.2) is 16.5 Å². The van der Waals surface area contributed by atoms with Crippen LogP contribution in [0.15, 0.2) is 30.5 Å². The molecule has 2 N–H and O–H groups in total. The summed E-state index contributed by atoms with van der Waals surface area (Å²) in [6, 6.07) is 8.24. The van der Waals surface area contributed by atoms with Gasteiger partial charge in [-0.2, -0.15) is 4.98 Å². The molecule has 1 aromatic carbocycles. The number of nitrogens with zero attached hydrogens (tertiary/aromatic N) is 2. The Morgan fingerprint density at radius 1 is 1.19 bits per heavy atom. The molecule has 0 unspecified atom stereocenters. The first-order valence-electron chi connectivity index (χ1n) is 7.55. The van der Waals surface area contributed by atoms with Gasteiger partial charge in [0.05, 0.1) is 0 Å². The van der Waals surface area contributed by atoms with Crippen LogP contribution in [-0.2, 0) is 0 Å². The molecule has 0 saturated heterocycles. The first-order chi connectivity index (χ1) is 10.1. The molecule has 0 bridgehead atoms. The summed E-state index contributed by atoms with van der Waals surface area (Å²) in [7, 11) is 0. The molecular weight excluding hydrogens is 260 g/mol. The van der Waals surface area contributed by atoms with Gasteiger partial charge in [0.15, 0.2) is 0 Å². The molecule has 0 radical (unpaired) electrons. The molecule has 21 heavy (non-hydrogen) atoms. The van der Waals surface area contributed by atoms with E-state index in [-0.39, 0.29) is 0 Å². The fourth-order valence-electron chi connectivity index (χ4n) is 2.22. The van der Waals surface area contributed by atoms with E-state index < -0.39 is 0 Å². The molecule has 2 aromatic rings. The second-order valence-corrected chi connectivity index (χ2v) is 5.51. The minimum Gasteiger partial charge on any atom is -0.370 e. The first-order valence-corrected chi connectivity index (χ1v) is 7.55. The summed E-state index contributed by atoms with van der Waals surface area (Å²) in [6.07, 6.45) is 2.85. The van der Waals surface area contributed by atoms with E-state index >= 15 is 0 Å². The van der Waals surface area contributed by atoms with E-state index in [0.29, 0.717) is 11.9 Å². The Hall–Kier alpha value is -2.10. The van der Waals surface area contributed by atoms with E-state index in [9.17, 15) is 0 Å². The quantitative estimate of drug-likeness (QED) is 0.821. The van der Waals surface area contributed by atoms with E-state index in [0.717, 1.165) is 24.5 Å². The molecule has 112 valence electrons. The lowest BCUT2D eigenvalue weighted by Gasteiger charge is -2.16. The standard InChI is InChI=1S/C17H24N4/c1-5-10-18-15-9-11-19-17(20-15)21-16-13(4)7-6-8-14(16)12(2)3/h6-9,11-12H,5,10H2,1-4H3,(H2,18,19,20,21). The van der Waals surface area contributed by atoms with E-state index in [1.54, 1.807) is 6.20 Å². The summed E-state index contributed by atoms with van der Waals surface area (Å²) in [6.45, 7) is 9.54. The van der Waals surface area contributed by atoms with Crippen LogP contribution in [0.5, 0.6) is 0 Å². The Morgan fingerprint density at radius 2 is 2.00 bits per heavy atom. The summed E-state index contributed by atoms with van der Waals surface area (Å²) in [5.41, 5.74) is 3.60. The molecule has 1 heterocycles. The number of nitrogens with one attached hydrogen (secondary N) is 2.